The predicted octanol–water partition coefficient (Wildman–Crippen LogP) is 2.74. The molecule has 156 valence electrons. The number of nitrogens with zero attached hydrogens (tertiary/aromatic N) is 6. The molecule has 0 radical (unpaired) electrons. The second-order valence-corrected chi connectivity index (χ2v) is 7.50. The number of guanidine groups is 1. The van der Waals surface area contributed by atoms with Gasteiger partial charge < -0.3 is 10.6 Å². The Labute approximate surface area is 188 Å². The zero-order valence-corrected chi connectivity index (χ0v) is 19.5. The topological polar surface area (TPSA) is 84.4 Å². The molecule has 3 aromatic heterocycles. The third kappa shape index (κ3) is 4.88. The number of nitrogens with one attached hydrogen (secondary N) is 2. The zero-order chi connectivity index (χ0) is 19.5. The van der Waals surface area contributed by atoms with Crippen molar-refractivity contribution in [2.24, 2.45) is 4.99 Å². The van der Waals surface area contributed by atoms with Crippen LogP contribution in [0.3, 0.4) is 0 Å². The number of rotatable bonds is 5. The van der Waals surface area contributed by atoms with E-state index >= 15 is 0 Å². The lowest BCUT2D eigenvalue weighted by molar-refractivity contribution is 0.499. The normalized spacial score (nSPS) is 16.6. The van der Waals surface area contributed by atoms with Crippen molar-refractivity contribution in [1.29, 1.82) is 0 Å². The molecule has 1 aliphatic carbocycles. The summed E-state index contributed by atoms with van der Waals surface area (Å²) in [6, 6.07) is 6.60. The van der Waals surface area contributed by atoms with Gasteiger partial charge in [0, 0.05) is 37.4 Å². The van der Waals surface area contributed by atoms with Crippen LogP contribution in [0.5, 0.6) is 0 Å². The van der Waals surface area contributed by atoms with E-state index in [0.29, 0.717) is 18.6 Å². The Balaban J connectivity index is 0.00000240. The van der Waals surface area contributed by atoms with Crippen molar-refractivity contribution in [3.05, 3.63) is 47.7 Å². The Morgan fingerprint density at radius 3 is 2.97 bits per heavy atom. The van der Waals surface area contributed by atoms with E-state index in [4.69, 9.17) is 10.1 Å². The van der Waals surface area contributed by atoms with Gasteiger partial charge in [0.05, 0.1) is 5.69 Å². The summed E-state index contributed by atoms with van der Waals surface area (Å²) in [6.07, 6.45) is 7.22. The van der Waals surface area contributed by atoms with Crippen molar-refractivity contribution >= 4 is 35.6 Å². The summed E-state index contributed by atoms with van der Waals surface area (Å²) in [4.78, 5) is 4.74. The lowest BCUT2D eigenvalue weighted by Gasteiger charge is -2.24. The summed E-state index contributed by atoms with van der Waals surface area (Å²) in [5.74, 6) is 1.64. The molecule has 2 N–H and O–H groups in total. The fourth-order valence-electron chi connectivity index (χ4n) is 3.56. The lowest BCUT2D eigenvalue weighted by Crippen LogP contribution is -2.45. The summed E-state index contributed by atoms with van der Waals surface area (Å²) in [6.45, 7) is 7.69. The molecule has 1 unspecified atom stereocenters. The fourth-order valence-corrected chi connectivity index (χ4v) is 3.56. The number of aromatic nitrogens is 5. The van der Waals surface area contributed by atoms with Crippen LogP contribution in [0.4, 0.5) is 0 Å². The van der Waals surface area contributed by atoms with Crippen LogP contribution in [-0.2, 0) is 19.4 Å². The van der Waals surface area contributed by atoms with E-state index in [2.05, 4.69) is 52.5 Å². The van der Waals surface area contributed by atoms with Crippen molar-refractivity contribution < 1.29 is 0 Å². The largest absolute Gasteiger partial charge is 0.357 e. The molecule has 0 spiro atoms. The van der Waals surface area contributed by atoms with Gasteiger partial charge in [-0.15, -0.1) is 34.2 Å². The average molecular weight is 508 g/mol. The SMILES string of the molecule is CCNC(=NCc1nnc2ccccn12)NC1CCc2cn(C(C)C)nc2C1.I. The highest BCUT2D eigenvalue weighted by molar-refractivity contribution is 14.0. The van der Waals surface area contributed by atoms with Crippen LogP contribution in [-0.4, -0.2) is 42.9 Å². The highest BCUT2D eigenvalue weighted by Crippen LogP contribution is 2.21. The molecule has 1 atom stereocenters. The van der Waals surface area contributed by atoms with Gasteiger partial charge in [-0.1, -0.05) is 6.07 Å². The molecule has 1 aliphatic rings. The molecule has 8 nitrogen and oxygen atoms in total. The first kappa shape index (κ1) is 21.5. The van der Waals surface area contributed by atoms with Crippen molar-refractivity contribution in [1.82, 2.24) is 35.0 Å². The van der Waals surface area contributed by atoms with Gasteiger partial charge in [-0.3, -0.25) is 9.08 Å². The van der Waals surface area contributed by atoms with Crippen molar-refractivity contribution in [2.45, 2.75) is 58.7 Å². The number of hydrogen-bond acceptors (Lipinski definition) is 4. The summed E-state index contributed by atoms with van der Waals surface area (Å²) >= 11 is 0. The summed E-state index contributed by atoms with van der Waals surface area (Å²) in [5.41, 5.74) is 3.42. The molecule has 3 aromatic rings. The Hall–Kier alpha value is -2.17. The molecule has 0 aromatic carbocycles. The van der Waals surface area contributed by atoms with Crippen molar-refractivity contribution in [3.8, 4) is 0 Å². The van der Waals surface area contributed by atoms with Crippen LogP contribution in [0.2, 0.25) is 0 Å². The summed E-state index contributed by atoms with van der Waals surface area (Å²) < 4.78 is 4.04. The molecule has 0 fully saturated rings. The van der Waals surface area contributed by atoms with Crippen LogP contribution < -0.4 is 10.6 Å². The quantitative estimate of drug-likeness (QED) is 0.315. The summed E-state index contributed by atoms with van der Waals surface area (Å²) in [7, 11) is 0. The first-order valence-electron chi connectivity index (χ1n) is 10.0. The first-order valence-corrected chi connectivity index (χ1v) is 10.0. The van der Waals surface area contributed by atoms with Crippen LogP contribution >= 0.6 is 24.0 Å². The number of aryl methyl sites for hydroxylation is 1. The number of fused-ring (bicyclic) bond motifs is 2. The van der Waals surface area contributed by atoms with Gasteiger partial charge in [0.15, 0.2) is 17.4 Å². The van der Waals surface area contributed by atoms with E-state index < -0.39 is 0 Å². The number of pyridine rings is 1. The molecular formula is C20H29IN8. The minimum absolute atomic E-state index is 0. The Morgan fingerprint density at radius 2 is 2.17 bits per heavy atom. The van der Waals surface area contributed by atoms with E-state index in [1.54, 1.807) is 0 Å². The molecular weight excluding hydrogens is 479 g/mol. The van der Waals surface area contributed by atoms with Gasteiger partial charge in [-0.2, -0.15) is 5.10 Å². The maximum atomic E-state index is 4.77. The lowest BCUT2D eigenvalue weighted by atomic mass is 9.94. The number of hydrogen-bond donors (Lipinski definition) is 2. The van der Waals surface area contributed by atoms with E-state index in [1.165, 1.54) is 11.3 Å². The third-order valence-corrected chi connectivity index (χ3v) is 5.07. The monoisotopic (exact) mass is 508 g/mol. The average Bonchev–Trinajstić information content (AvgIpc) is 3.30. The van der Waals surface area contributed by atoms with Crippen LogP contribution in [0, 0.1) is 0 Å². The fraction of sp³-hybridized carbons (Fsp3) is 0.500. The highest BCUT2D eigenvalue weighted by Gasteiger charge is 2.23. The molecule has 0 amide bonds. The van der Waals surface area contributed by atoms with Gasteiger partial charge >= 0.3 is 0 Å². The van der Waals surface area contributed by atoms with Crippen LogP contribution in [0.15, 0.2) is 35.6 Å². The standard InChI is InChI=1S/C20H28N8.HI/c1-4-21-20(22-12-19-25-24-18-7-5-6-10-27(18)19)23-16-9-8-15-13-28(14(2)3)26-17(15)11-16;/h5-7,10,13-14,16H,4,8-9,11-12H2,1-3H3,(H2,21,22,23);1H. The van der Waals surface area contributed by atoms with E-state index in [-0.39, 0.29) is 24.0 Å². The smallest absolute Gasteiger partial charge is 0.191 e. The van der Waals surface area contributed by atoms with Gasteiger partial charge in [0.1, 0.15) is 6.54 Å². The molecule has 0 saturated heterocycles. The molecule has 0 saturated carbocycles. The van der Waals surface area contributed by atoms with Gasteiger partial charge in [0.2, 0.25) is 0 Å². The predicted molar refractivity (Wildman–Crippen MR) is 125 cm³/mol. The minimum atomic E-state index is 0. The van der Waals surface area contributed by atoms with Crippen molar-refractivity contribution in [3.63, 3.8) is 0 Å². The Kier molecular flexibility index (Phi) is 7.09. The minimum Gasteiger partial charge on any atom is -0.357 e. The molecule has 0 bridgehead atoms. The Morgan fingerprint density at radius 1 is 1.31 bits per heavy atom. The van der Waals surface area contributed by atoms with Crippen LogP contribution in [0.1, 0.15) is 50.3 Å². The maximum Gasteiger partial charge on any atom is 0.191 e. The van der Waals surface area contributed by atoms with E-state index in [9.17, 15) is 0 Å². The van der Waals surface area contributed by atoms with Gasteiger partial charge in [-0.05, 0) is 51.3 Å². The number of halogens is 1. The molecule has 4 rings (SSSR count). The third-order valence-electron chi connectivity index (χ3n) is 5.07. The second kappa shape index (κ2) is 9.55. The molecule has 3 heterocycles. The highest BCUT2D eigenvalue weighted by atomic mass is 127. The molecule has 0 aliphatic heterocycles. The summed E-state index contributed by atoms with van der Waals surface area (Å²) in [5, 5.41) is 20.1. The van der Waals surface area contributed by atoms with Gasteiger partial charge in [-0.25, -0.2) is 4.99 Å². The zero-order valence-electron chi connectivity index (χ0n) is 17.2. The van der Waals surface area contributed by atoms with E-state index in [1.807, 2.05) is 28.8 Å². The number of aliphatic imine (C=N–C) groups is 1. The Bertz CT molecular complexity index is 974. The van der Waals surface area contributed by atoms with Gasteiger partial charge in [0.25, 0.3) is 0 Å². The molecule has 29 heavy (non-hydrogen) atoms. The maximum absolute atomic E-state index is 4.77. The van der Waals surface area contributed by atoms with Crippen LogP contribution in [0.25, 0.3) is 5.65 Å². The first-order chi connectivity index (χ1) is 13.6. The van der Waals surface area contributed by atoms with Crippen molar-refractivity contribution in [2.75, 3.05) is 6.54 Å². The second-order valence-electron chi connectivity index (χ2n) is 7.50. The van der Waals surface area contributed by atoms with E-state index in [0.717, 1.165) is 43.2 Å². The molecule has 9 heteroatoms.